The van der Waals surface area contributed by atoms with Gasteiger partial charge in [0.05, 0.1) is 18.2 Å². The van der Waals surface area contributed by atoms with Crippen molar-refractivity contribution in [2.24, 2.45) is 0 Å². The summed E-state index contributed by atoms with van der Waals surface area (Å²) in [6.45, 7) is 4.00. The van der Waals surface area contributed by atoms with Gasteiger partial charge in [-0.3, -0.25) is 9.69 Å². The summed E-state index contributed by atoms with van der Waals surface area (Å²) < 4.78 is 0. The molecule has 0 atom stereocenters. The van der Waals surface area contributed by atoms with Crippen LogP contribution in [0.2, 0.25) is 0 Å². The van der Waals surface area contributed by atoms with Crippen molar-refractivity contribution < 1.29 is 4.79 Å². The highest BCUT2D eigenvalue weighted by Crippen LogP contribution is 2.27. The topological polar surface area (TPSA) is 59.4 Å². The normalized spacial score (nSPS) is 19.1. The number of hydrogen-bond acceptors (Lipinski definition) is 4. The quantitative estimate of drug-likeness (QED) is 0.905. The molecular formula is C16H20N4O. The number of benzene rings is 1. The molecule has 0 aromatic heterocycles. The number of nitriles is 1. The van der Waals surface area contributed by atoms with E-state index in [9.17, 15) is 4.79 Å². The standard InChI is InChI=1S/C16H20N4O/c17-11-13-1-3-14(4-2-13)18-12-16(21)20-9-7-19(8-10-20)15-5-6-15/h1-4,15,18H,5-10,12H2. The molecule has 3 rings (SSSR count). The Morgan fingerprint density at radius 1 is 1.19 bits per heavy atom. The van der Waals surface area contributed by atoms with Gasteiger partial charge >= 0.3 is 0 Å². The molecular weight excluding hydrogens is 264 g/mol. The Morgan fingerprint density at radius 2 is 1.86 bits per heavy atom. The van der Waals surface area contributed by atoms with Crippen LogP contribution in [0.4, 0.5) is 5.69 Å². The van der Waals surface area contributed by atoms with Crippen LogP contribution in [0.25, 0.3) is 0 Å². The van der Waals surface area contributed by atoms with Gasteiger partial charge in [-0.2, -0.15) is 5.26 Å². The summed E-state index contributed by atoms with van der Waals surface area (Å²) in [5.74, 6) is 0.148. The van der Waals surface area contributed by atoms with Gasteiger partial charge in [0, 0.05) is 37.9 Å². The molecule has 1 aliphatic carbocycles. The number of hydrogen-bond donors (Lipinski definition) is 1. The predicted octanol–water partition coefficient (Wildman–Crippen LogP) is 1.28. The Bertz CT molecular complexity index is 536. The molecule has 0 unspecified atom stereocenters. The maximum absolute atomic E-state index is 12.2. The minimum absolute atomic E-state index is 0.148. The molecule has 21 heavy (non-hydrogen) atoms. The summed E-state index contributed by atoms with van der Waals surface area (Å²) >= 11 is 0. The van der Waals surface area contributed by atoms with E-state index >= 15 is 0 Å². The molecule has 2 aliphatic rings. The first-order valence-electron chi connectivity index (χ1n) is 7.52. The lowest BCUT2D eigenvalue weighted by atomic mass is 10.2. The molecule has 1 aromatic carbocycles. The summed E-state index contributed by atoms with van der Waals surface area (Å²) in [6.07, 6.45) is 2.66. The SMILES string of the molecule is N#Cc1ccc(NCC(=O)N2CCN(C3CC3)CC2)cc1. The fourth-order valence-electron chi connectivity index (χ4n) is 2.73. The van der Waals surface area contributed by atoms with Gasteiger partial charge in [0.25, 0.3) is 0 Å². The van der Waals surface area contributed by atoms with Crippen molar-refractivity contribution in [2.75, 3.05) is 38.0 Å². The highest BCUT2D eigenvalue weighted by Gasteiger charge is 2.32. The van der Waals surface area contributed by atoms with Gasteiger partial charge in [0.15, 0.2) is 0 Å². The van der Waals surface area contributed by atoms with Crippen LogP contribution in [0.5, 0.6) is 0 Å². The lowest BCUT2D eigenvalue weighted by Gasteiger charge is -2.34. The number of carbonyl (C=O) groups excluding carboxylic acids is 1. The van der Waals surface area contributed by atoms with Crippen molar-refractivity contribution >= 4 is 11.6 Å². The van der Waals surface area contributed by atoms with Crippen LogP contribution in [0, 0.1) is 11.3 Å². The van der Waals surface area contributed by atoms with E-state index in [1.807, 2.05) is 17.0 Å². The zero-order valence-electron chi connectivity index (χ0n) is 12.1. The van der Waals surface area contributed by atoms with Crippen LogP contribution in [0.15, 0.2) is 24.3 Å². The fraction of sp³-hybridized carbons (Fsp3) is 0.500. The van der Waals surface area contributed by atoms with E-state index in [4.69, 9.17) is 5.26 Å². The molecule has 1 heterocycles. The van der Waals surface area contributed by atoms with Crippen LogP contribution in [-0.4, -0.2) is 54.5 Å². The van der Waals surface area contributed by atoms with Gasteiger partial charge in [-0.1, -0.05) is 0 Å². The van der Waals surface area contributed by atoms with Gasteiger partial charge in [-0.25, -0.2) is 0 Å². The van der Waals surface area contributed by atoms with Crippen molar-refractivity contribution in [1.82, 2.24) is 9.80 Å². The van der Waals surface area contributed by atoms with Crippen LogP contribution >= 0.6 is 0 Å². The molecule has 110 valence electrons. The van der Waals surface area contributed by atoms with Gasteiger partial charge in [-0.05, 0) is 37.1 Å². The molecule has 2 fully saturated rings. The first-order chi connectivity index (χ1) is 10.3. The first kappa shape index (κ1) is 13.9. The Balaban J connectivity index is 1.44. The molecule has 1 aromatic rings. The van der Waals surface area contributed by atoms with E-state index in [1.54, 1.807) is 12.1 Å². The van der Waals surface area contributed by atoms with Gasteiger partial charge < -0.3 is 10.2 Å². The fourth-order valence-corrected chi connectivity index (χ4v) is 2.73. The molecule has 1 saturated carbocycles. The van der Waals surface area contributed by atoms with Crippen LogP contribution in [0.3, 0.4) is 0 Å². The zero-order chi connectivity index (χ0) is 14.7. The zero-order valence-corrected chi connectivity index (χ0v) is 12.1. The van der Waals surface area contributed by atoms with E-state index in [1.165, 1.54) is 12.8 Å². The third kappa shape index (κ3) is 3.53. The summed E-state index contributed by atoms with van der Waals surface area (Å²) in [5, 5.41) is 11.9. The highest BCUT2D eigenvalue weighted by atomic mass is 16.2. The van der Waals surface area contributed by atoms with Crippen LogP contribution < -0.4 is 5.32 Å². The molecule has 0 spiro atoms. The number of rotatable bonds is 4. The Hall–Kier alpha value is -2.06. The van der Waals surface area contributed by atoms with Gasteiger partial charge in [0.1, 0.15) is 0 Å². The molecule has 1 N–H and O–H groups in total. The molecule has 5 heteroatoms. The van der Waals surface area contributed by atoms with Crippen molar-refractivity contribution in [1.29, 1.82) is 5.26 Å². The lowest BCUT2D eigenvalue weighted by Crippen LogP contribution is -2.50. The minimum Gasteiger partial charge on any atom is -0.376 e. The number of amides is 1. The summed E-state index contributed by atoms with van der Waals surface area (Å²) in [7, 11) is 0. The molecule has 0 radical (unpaired) electrons. The Labute approximate surface area is 125 Å². The summed E-state index contributed by atoms with van der Waals surface area (Å²) in [5.41, 5.74) is 1.50. The number of piperazine rings is 1. The smallest absolute Gasteiger partial charge is 0.241 e. The van der Waals surface area contributed by atoms with Gasteiger partial charge in [-0.15, -0.1) is 0 Å². The number of carbonyl (C=O) groups is 1. The number of nitrogens with zero attached hydrogens (tertiary/aromatic N) is 3. The number of anilines is 1. The van der Waals surface area contributed by atoms with Crippen LogP contribution in [0.1, 0.15) is 18.4 Å². The van der Waals surface area contributed by atoms with Crippen molar-refractivity contribution in [2.45, 2.75) is 18.9 Å². The van der Waals surface area contributed by atoms with Crippen LogP contribution in [-0.2, 0) is 4.79 Å². The highest BCUT2D eigenvalue weighted by molar-refractivity contribution is 5.81. The lowest BCUT2D eigenvalue weighted by molar-refractivity contribution is -0.131. The second-order valence-electron chi connectivity index (χ2n) is 5.69. The summed E-state index contributed by atoms with van der Waals surface area (Å²) in [4.78, 5) is 16.6. The monoisotopic (exact) mass is 284 g/mol. The summed E-state index contributed by atoms with van der Waals surface area (Å²) in [6, 6.07) is 10.0. The second kappa shape index (κ2) is 6.15. The first-order valence-corrected chi connectivity index (χ1v) is 7.52. The predicted molar refractivity (Wildman–Crippen MR) is 80.8 cm³/mol. The largest absolute Gasteiger partial charge is 0.376 e. The number of nitrogens with one attached hydrogen (secondary N) is 1. The van der Waals surface area contributed by atoms with E-state index < -0.39 is 0 Å². The second-order valence-corrected chi connectivity index (χ2v) is 5.69. The minimum atomic E-state index is 0.148. The molecule has 1 aliphatic heterocycles. The molecule has 0 bridgehead atoms. The maximum atomic E-state index is 12.2. The molecule has 1 amide bonds. The van der Waals surface area contributed by atoms with E-state index in [2.05, 4.69) is 16.3 Å². The Kier molecular flexibility index (Phi) is 4.07. The molecule has 1 saturated heterocycles. The van der Waals surface area contributed by atoms with E-state index in [0.717, 1.165) is 37.9 Å². The average Bonchev–Trinajstić information content (AvgIpc) is 3.38. The average molecular weight is 284 g/mol. The van der Waals surface area contributed by atoms with Gasteiger partial charge in [0.2, 0.25) is 5.91 Å². The van der Waals surface area contributed by atoms with Crippen molar-refractivity contribution in [3.63, 3.8) is 0 Å². The third-order valence-electron chi connectivity index (χ3n) is 4.19. The van der Waals surface area contributed by atoms with Crippen molar-refractivity contribution in [3.05, 3.63) is 29.8 Å². The van der Waals surface area contributed by atoms with E-state index in [-0.39, 0.29) is 5.91 Å². The molecule has 5 nitrogen and oxygen atoms in total. The third-order valence-corrected chi connectivity index (χ3v) is 4.19. The Morgan fingerprint density at radius 3 is 2.43 bits per heavy atom. The van der Waals surface area contributed by atoms with Crippen molar-refractivity contribution in [3.8, 4) is 6.07 Å². The van der Waals surface area contributed by atoms with E-state index in [0.29, 0.717) is 12.1 Å². The maximum Gasteiger partial charge on any atom is 0.241 e.